The minimum atomic E-state index is -3.96. The van der Waals surface area contributed by atoms with Gasteiger partial charge in [-0.05, 0) is 32.4 Å². The molecule has 1 N–H and O–H groups in total. The molecule has 0 aliphatic rings. The molecule has 0 unspecified atom stereocenters. The molecule has 0 aliphatic carbocycles. The maximum absolute atomic E-state index is 13.5. The van der Waals surface area contributed by atoms with Crippen molar-refractivity contribution >= 4 is 22.2 Å². The highest BCUT2D eigenvalue weighted by Gasteiger charge is 2.21. The summed E-state index contributed by atoms with van der Waals surface area (Å²) >= 11 is 0. The van der Waals surface area contributed by atoms with Crippen LogP contribution in [-0.2, 0) is 10.0 Å². The molecule has 0 aliphatic heterocycles. The first-order chi connectivity index (χ1) is 11.9. The Morgan fingerprint density at radius 2 is 2.08 bits per heavy atom. The summed E-state index contributed by atoms with van der Waals surface area (Å²) in [6.07, 6.45) is 3.42. The van der Waals surface area contributed by atoms with Crippen molar-refractivity contribution in [3.63, 3.8) is 0 Å². The van der Waals surface area contributed by atoms with Crippen LogP contribution >= 0.6 is 0 Å². The van der Waals surface area contributed by atoms with E-state index in [2.05, 4.69) is 14.8 Å². The fraction of sp³-hybridized carbons (Fsp3) is 0.500. The van der Waals surface area contributed by atoms with E-state index in [-0.39, 0.29) is 16.6 Å². The van der Waals surface area contributed by atoms with E-state index in [0.717, 1.165) is 25.0 Å². The number of hydrogen-bond donors (Lipinski definition) is 1. The Hall–Kier alpha value is -2.16. The molecule has 0 fully saturated rings. The monoisotopic (exact) mass is 372 g/mol. The minimum absolute atomic E-state index is 0.112. The second-order valence-electron chi connectivity index (χ2n) is 5.00. The molecule has 1 rings (SSSR count). The molecule has 0 radical (unpaired) electrons. The number of benzene rings is 1. The lowest BCUT2D eigenvalue weighted by molar-refractivity contribution is 0.385. The van der Waals surface area contributed by atoms with Gasteiger partial charge in [0.25, 0.3) is 10.0 Å². The summed E-state index contributed by atoms with van der Waals surface area (Å²) in [7, 11) is -2.69. The zero-order valence-electron chi connectivity index (χ0n) is 15.0. The summed E-state index contributed by atoms with van der Waals surface area (Å²) in [5, 5.41) is 5.71. The lowest BCUT2D eigenvalue weighted by atomic mass is 10.3. The molecule has 0 aromatic heterocycles. The van der Waals surface area contributed by atoms with E-state index in [4.69, 9.17) is 4.74 Å². The number of rotatable bonds is 8. The maximum atomic E-state index is 13.5. The minimum Gasteiger partial charge on any atom is -0.494 e. The van der Waals surface area contributed by atoms with Crippen LogP contribution in [-0.4, -0.2) is 45.8 Å². The average molecular weight is 372 g/mol. The van der Waals surface area contributed by atoms with Crippen LogP contribution < -0.4 is 9.46 Å². The third kappa shape index (κ3) is 6.00. The quantitative estimate of drug-likeness (QED) is 0.432. The predicted octanol–water partition coefficient (Wildman–Crippen LogP) is 2.60. The summed E-state index contributed by atoms with van der Waals surface area (Å²) in [6.45, 7) is 6.47. The van der Waals surface area contributed by atoms with Gasteiger partial charge in [-0.25, -0.2) is 22.5 Å². The van der Waals surface area contributed by atoms with Crippen molar-refractivity contribution in [3.8, 4) is 5.75 Å². The van der Waals surface area contributed by atoms with E-state index in [0.29, 0.717) is 13.1 Å². The number of guanidine groups is 1. The highest BCUT2D eigenvalue weighted by molar-refractivity contribution is 7.90. The van der Waals surface area contributed by atoms with Crippen molar-refractivity contribution in [2.75, 3.05) is 20.2 Å². The molecule has 0 saturated carbocycles. The van der Waals surface area contributed by atoms with Crippen LogP contribution in [0.3, 0.4) is 0 Å². The summed E-state index contributed by atoms with van der Waals surface area (Å²) < 4.78 is 46.0. The fourth-order valence-corrected chi connectivity index (χ4v) is 2.91. The highest BCUT2D eigenvalue weighted by atomic mass is 32.2. The highest BCUT2D eigenvalue weighted by Crippen LogP contribution is 2.21. The van der Waals surface area contributed by atoms with E-state index < -0.39 is 15.8 Å². The second kappa shape index (κ2) is 9.97. The first-order valence-electron chi connectivity index (χ1n) is 8.10. The third-order valence-electron chi connectivity index (χ3n) is 3.15. The van der Waals surface area contributed by atoms with Gasteiger partial charge in [0.1, 0.15) is 0 Å². The predicted molar refractivity (Wildman–Crippen MR) is 97.0 cm³/mol. The molecule has 0 heterocycles. The van der Waals surface area contributed by atoms with Crippen molar-refractivity contribution in [1.29, 1.82) is 0 Å². The number of ether oxygens (including phenoxy) is 1. The van der Waals surface area contributed by atoms with Gasteiger partial charge in [0.05, 0.1) is 12.0 Å². The standard InChI is InChI=1S/C16H25FN4O3S/c1-5-8-11-19-21(7-3)16(18-6-2)20-25(22,23)13-9-10-14(17)15(12-13)24-4/h9-12H,5-8H2,1-4H3,(H,18,20)/b19-11-. The number of unbranched alkanes of at least 4 members (excludes halogenated alkanes) is 1. The smallest absolute Gasteiger partial charge is 0.264 e. The largest absolute Gasteiger partial charge is 0.494 e. The number of nitrogens with one attached hydrogen (secondary N) is 1. The Morgan fingerprint density at radius 3 is 2.64 bits per heavy atom. The molecule has 1 aromatic rings. The van der Waals surface area contributed by atoms with Gasteiger partial charge in [0, 0.05) is 25.4 Å². The Kier molecular flexibility index (Phi) is 8.33. The molecule has 9 heteroatoms. The lowest BCUT2D eigenvalue weighted by Crippen LogP contribution is -2.41. The second-order valence-corrected chi connectivity index (χ2v) is 6.68. The van der Waals surface area contributed by atoms with Crippen molar-refractivity contribution in [3.05, 3.63) is 24.0 Å². The molecular weight excluding hydrogens is 347 g/mol. The van der Waals surface area contributed by atoms with Gasteiger partial charge >= 0.3 is 0 Å². The van der Waals surface area contributed by atoms with Crippen LogP contribution in [0.15, 0.2) is 33.2 Å². The van der Waals surface area contributed by atoms with E-state index in [9.17, 15) is 12.8 Å². The Morgan fingerprint density at radius 1 is 1.36 bits per heavy atom. The Balaban J connectivity index is 3.13. The van der Waals surface area contributed by atoms with Gasteiger partial charge in [0.15, 0.2) is 11.6 Å². The molecule has 0 saturated heterocycles. The van der Waals surface area contributed by atoms with Crippen molar-refractivity contribution in [1.82, 2.24) is 9.73 Å². The SMILES string of the molecule is CCC/C=N\N(CC)C(=NCC)NS(=O)(=O)c1ccc(F)c(OC)c1. The lowest BCUT2D eigenvalue weighted by Gasteiger charge is -2.20. The molecule has 7 nitrogen and oxygen atoms in total. The number of aliphatic imine (C=N–C) groups is 1. The summed E-state index contributed by atoms with van der Waals surface area (Å²) in [5.74, 6) is -0.672. The van der Waals surface area contributed by atoms with Gasteiger partial charge < -0.3 is 4.74 Å². The van der Waals surface area contributed by atoms with E-state index in [1.807, 2.05) is 13.8 Å². The van der Waals surface area contributed by atoms with Crippen LogP contribution in [0.1, 0.15) is 33.6 Å². The summed E-state index contributed by atoms with van der Waals surface area (Å²) in [6, 6.07) is 3.33. The number of hydrazone groups is 1. The zero-order chi connectivity index (χ0) is 18.9. The van der Waals surface area contributed by atoms with Crippen molar-refractivity contribution in [2.45, 2.75) is 38.5 Å². The molecule has 0 amide bonds. The molecule has 0 atom stereocenters. The maximum Gasteiger partial charge on any atom is 0.264 e. The fourth-order valence-electron chi connectivity index (χ4n) is 1.87. The van der Waals surface area contributed by atoms with Crippen molar-refractivity contribution < 1.29 is 17.5 Å². The van der Waals surface area contributed by atoms with E-state index in [1.165, 1.54) is 18.2 Å². The molecule has 1 aromatic carbocycles. The molecule has 0 bridgehead atoms. The van der Waals surface area contributed by atoms with Crippen molar-refractivity contribution in [2.24, 2.45) is 10.1 Å². The third-order valence-corrected chi connectivity index (χ3v) is 4.48. The summed E-state index contributed by atoms with van der Waals surface area (Å²) in [5.41, 5.74) is 0. The van der Waals surface area contributed by atoms with E-state index in [1.54, 1.807) is 13.1 Å². The topological polar surface area (TPSA) is 83.4 Å². The molecule has 0 spiro atoms. The van der Waals surface area contributed by atoms with Gasteiger partial charge in [-0.3, -0.25) is 4.99 Å². The van der Waals surface area contributed by atoms with Crippen LogP contribution in [0.5, 0.6) is 5.75 Å². The average Bonchev–Trinajstić information content (AvgIpc) is 2.58. The van der Waals surface area contributed by atoms with Crippen LogP contribution in [0, 0.1) is 5.82 Å². The molecule has 140 valence electrons. The number of sulfonamides is 1. The Bertz CT molecular complexity index is 720. The van der Waals surface area contributed by atoms with E-state index >= 15 is 0 Å². The van der Waals surface area contributed by atoms with Gasteiger partial charge in [0.2, 0.25) is 5.96 Å². The van der Waals surface area contributed by atoms with Gasteiger partial charge in [-0.2, -0.15) is 5.10 Å². The normalized spacial score (nSPS) is 12.4. The number of hydrogen-bond acceptors (Lipinski definition) is 5. The van der Waals surface area contributed by atoms with Crippen LogP contribution in [0.25, 0.3) is 0 Å². The molecule has 25 heavy (non-hydrogen) atoms. The molecular formula is C16H25FN4O3S. The first-order valence-corrected chi connectivity index (χ1v) is 9.58. The zero-order valence-corrected chi connectivity index (χ0v) is 15.8. The first kappa shape index (κ1) is 20.9. The van der Waals surface area contributed by atoms with Gasteiger partial charge in [-0.15, -0.1) is 0 Å². The number of nitrogens with zero attached hydrogens (tertiary/aromatic N) is 3. The van der Waals surface area contributed by atoms with Crippen LogP contribution in [0.2, 0.25) is 0 Å². The van der Waals surface area contributed by atoms with Crippen LogP contribution in [0.4, 0.5) is 4.39 Å². The summed E-state index contributed by atoms with van der Waals surface area (Å²) in [4.78, 5) is 4.06. The number of methoxy groups -OCH3 is 1. The number of halogens is 1. The van der Waals surface area contributed by atoms with Gasteiger partial charge in [-0.1, -0.05) is 13.3 Å². The Labute approximate surface area is 148 Å².